The van der Waals surface area contributed by atoms with Crippen LogP contribution in [0.15, 0.2) is 164 Å². The molecule has 0 saturated heterocycles. The number of rotatable bonds is 7. The summed E-state index contributed by atoms with van der Waals surface area (Å²) in [6, 6.07) is 55.9. The highest BCUT2D eigenvalue weighted by atomic mass is 15.1. The molecule has 1 heteroatoms. The standard InChI is InChI=1S/C38H29N/c1-2-29-13-15-32(16-14-29)35-21-27-38(28-22-35)39(36-23-17-33(18-24-36)30-9-5-3-6-10-30)37-25-19-34(20-26-37)31-11-7-4-8-12-31/h2-28H,1H2. The summed E-state index contributed by atoms with van der Waals surface area (Å²) in [6.07, 6.45) is 1.87. The summed E-state index contributed by atoms with van der Waals surface area (Å²) in [7, 11) is 0. The van der Waals surface area contributed by atoms with Gasteiger partial charge in [-0.15, -0.1) is 0 Å². The summed E-state index contributed by atoms with van der Waals surface area (Å²) in [4.78, 5) is 2.31. The summed E-state index contributed by atoms with van der Waals surface area (Å²) in [6.45, 7) is 3.86. The molecule has 1 nitrogen and oxygen atoms in total. The Morgan fingerprint density at radius 2 is 0.615 bits per heavy atom. The molecule has 0 radical (unpaired) electrons. The molecule has 0 saturated carbocycles. The Morgan fingerprint density at radius 3 is 0.923 bits per heavy atom. The number of hydrogen-bond donors (Lipinski definition) is 0. The zero-order valence-electron chi connectivity index (χ0n) is 21.7. The Morgan fingerprint density at radius 1 is 0.333 bits per heavy atom. The van der Waals surface area contributed by atoms with E-state index in [1.54, 1.807) is 0 Å². The molecule has 0 aliphatic heterocycles. The van der Waals surface area contributed by atoms with Crippen molar-refractivity contribution in [3.05, 3.63) is 170 Å². The van der Waals surface area contributed by atoms with Crippen molar-refractivity contribution in [3.8, 4) is 33.4 Å². The van der Waals surface area contributed by atoms with Gasteiger partial charge < -0.3 is 4.90 Å². The molecule has 39 heavy (non-hydrogen) atoms. The van der Waals surface area contributed by atoms with Gasteiger partial charge in [0.15, 0.2) is 0 Å². The van der Waals surface area contributed by atoms with Crippen LogP contribution in [0.3, 0.4) is 0 Å². The van der Waals surface area contributed by atoms with Gasteiger partial charge in [0.1, 0.15) is 0 Å². The quantitative estimate of drug-likeness (QED) is 0.211. The molecule has 0 amide bonds. The molecule has 0 unspecified atom stereocenters. The fraction of sp³-hybridized carbons (Fsp3) is 0. The van der Waals surface area contributed by atoms with E-state index in [9.17, 15) is 0 Å². The van der Waals surface area contributed by atoms with Crippen LogP contribution in [0.5, 0.6) is 0 Å². The molecule has 0 fully saturated rings. The van der Waals surface area contributed by atoms with Crippen LogP contribution in [0.2, 0.25) is 0 Å². The SMILES string of the molecule is C=Cc1ccc(-c2ccc(N(c3ccc(-c4ccccc4)cc3)c3ccc(-c4ccccc4)cc3)cc2)cc1. The minimum Gasteiger partial charge on any atom is -0.311 e. The topological polar surface area (TPSA) is 3.24 Å². The molecule has 6 aromatic rings. The minimum atomic E-state index is 1.11. The lowest BCUT2D eigenvalue weighted by atomic mass is 10.0. The Balaban J connectivity index is 1.37. The van der Waals surface area contributed by atoms with Crippen LogP contribution in [-0.2, 0) is 0 Å². The van der Waals surface area contributed by atoms with E-state index < -0.39 is 0 Å². The molecule has 0 N–H and O–H groups in total. The van der Waals surface area contributed by atoms with Crippen molar-refractivity contribution in [2.45, 2.75) is 0 Å². The van der Waals surface area contributed by atoms with E-state index >= 15 is 0 Å². The van der Waals surface area contributed by atoms with E-state index in [-0.39, 0.29) is 0 Å². The van der Waals surface area contributed by atoms with Crippen LogP contribution >= 0.6 is 0 Å². The first-order valence-electron chi connectivity index (χ1n) is 13.2. The average molecular weight is 500 g/mol. The van der Waals surface area contributed by atoms with Crippen molar-refractivity contribution in [1.82, 2.24) is 0 Å². The molecule has 0 bridgehead atoms. The molecular formula is C38H29N. The molecule has 0 aliphatic carbocycles. The number of hydrogen-bond acceptors (Lipinski definition) is 1. The van der Waals surface area contributed by atoms with Gasteiger partial charge in [-0.3, -0.25) is 0 Å². The van der Waals surface area contributed by atoms with E-state index in [1.165, 1.54) is 33.4 Å². The molecule has 0 heterocycles. The average Bonchev–Trinajstić information content (AvgIpc) is 3.03. The summed E-state index contributed by atoms with van der Waals surface area (Å²) in [5, 5.41) is 0. The van der Waals surface area contributed by atoms with Crippen LogP contribution in [-0.4, -0.2) is 0 Å². The van der Waals surface area contributed by atoms with Gasteiger partial charge in [-0.1, -0.05) is 134 Å². The first-order chi connectivity index (χ1) is 19.3. The zero-order chi connectivity index (χ0) is 26.4. The van der Waals surface area contributed by atoms with Crippen molar-refractivity contribution in [2.24, 2.45) is 0 Å². The fourth-order valence-electron chi connectivity index (χ4n) is 4.93. The van der Waals surface area contributed by atoms with Crippen LogP contribution in [0.4, 0.5) is 17.1 Å². The third-order valence-electron chi connectivity index (χ3n) is 7.07. The predicted molar refractivity (Wildman–Crippen MR) is 168 cm³/mol. The lowest BCUT2D eigenvalue weighted by Gasteiger charge is -2.26. The number of nitrogens with zero attached hydrogens (tertiary/aromatic N) is 1. The monoisotopic (exact) mass is 499 g/mol. The fourth-order valence-corrected chi connectivity index (χ4v) is 4.93. The minimum absolute atomic E-state index is 1.11. The Bertz CT molecular complexity index is 1570. The molecule has 186 valence electrons. The lowest BCUT2D eigenvalue weighted by molar-refractivity contribution is 1.28. The third kappa shape index (κ3) is 5.30. The van der Waals surface area contributed by atoms with Crippen molar-refractivity contribution >= 4 is 23.1 Å². The van der Waals surface area contributed by atoms with E-state index in [0.29, 0.717) is 0 Å². The number of anilines is 3. The maximum atomic E-state index is 3.86. The highest BCUT2D eigenvalue weighted by Gasteiger charge is 2.13. The second kappa shape index (κ2) is 11.1. The second-order valence-corrected chi connectivity index (χ2v) is 9.53. The molecule has 6 aromatic carbocycles. The van der Waals surface area contributed by atoms with E-state index in [4.69, 9.17) is 0 Å². The first kappa shape index (κ1) is 24.2. The lowest BCUT2D eigenvalue weighted by Crippen LogP contribution is -2.09. The van der Waals surface area contributed by atoms with E-state index in [1.807, 2.05) is 6.08 Å². The van der Waals surface area contributed by atoms with Gasteiger partial charge in [0.2, 0.25) is 0 Å². The maximum Gasteiger partial charge on any atom is 0.0462 e. The second-order valence-electron chi connectivity index (χ2n) is 9.53. The summed E-state index contributed by atoms with van der Waals surface area (Å²) in [5.74, 6) is 0. The molecule has 0 spiro atoms. The van der Waals surface area contributed by atoms with Gasteiger partial charge >= 0.3 is 0 Å². The summed E-state index contributed by atoms with van der Waals surface area (Å²) < 4.78 is 0. The Hall–Kier alpha value is -5.14. The number of benzene rings is 6. The van der Waals surface area contributed by atoms with Crippen LogP contribution in [0.1, 0.15) is 5.56 Å². The first-order valence-corrected chi connectivity index (χ1v) is 13.2. The van der Waals surface area contributed by atoms with Crippen LogP contribution < -0.4 is 4.90 Å². The van der Waals surface area contributed by atoms with Gasteiger partial charge in [-0.25, -0.2) is 0 Å². The van der Waals surface area contributed by atoms with Gasteiger partial charge in [-0.05, 0) is 75.3 Å². The molecular weight excluding hydrogens is 470 g/mol. The molecule has 0 aliphatic rings. The van der Waals surface area contributed by atoms with Crippen molar-refractivity contribution in [3.63, 3.8) is 0 Å². The highest BCUT2D eigenvalue weighted by Crippen LogP contribution is 2.37. The zero-order valence-corrected chi connectivity index (χ0v) is 21.7. The van der Waals surface area contributed by atoms with Gasteiger partial charge in [0, 0.05) is 17.1 Å². The molecule has 6 rings (SSSR count). The maximum absolute atomic E-state index is 3.86. The Kier molecular flexibility index (Phi) is 6.88. The van der Waals surface area contributed by atoms with Crippen LogP contribution in [0.25, 0.3) is 39.5 Å². The predicted octanol–water partition coefficient (Wildman–Crippen LogP) is 10.8. The van der Waals surface area contributed by atoms with Gasteiger partial charge in [0.05, 0.1) is 0 Å². The van der Waals surface area contributed by atoms with Crippen molar-refractivity contribution in [1.29, 1.82) is 0 Å². The Labute approximate surface area is 231 Å². The normalized spacial score (nSPS) is 10.7. The van der Waals surface area contributed by atoms with Gasteiger partial charge in [0.25, 0.3) is 0 Å². The summed E-state index contributed by atoms with van der Waals surface area (Å²) >= 11 is 0. The van der Waals surface area contributed by atoms with Crippen molar-refractivity contribution < 1.29 is 0 Å². The van der Waals surface area contributed by atoms with E-state index in [0.717, 1.165) is 22.6 Å². The van der Waals surface area contributed by atoms with E-state index in [2.05, 4.69) is 169 Å². The van der Waals surface area contributed by atoms with Gasteiger partial charge in [-0.2, -0.15) is 0 Å². The highest BCUT2D eigenvalue weighted by molar-refractivity contribution is 5.81. The van der Waals surface area contributed by atoms with Crippen molar-refractivity contribution in [2.75, 3.05) is 4.90 Å². The van der Waals surface area contributed by atoms with Crippen LogP contribution in [0, 0.1) is 0 Å². The largest absolute Gasteiger partial charge is 0.311 e. The smallest absolute Gasteiger partial charge is 0.0462 e. The summed E-state index contributed by atoms with van der Waals surface area (Å²) in [5.41, 5.74) is 11.7. The molecule has 0 aromatic heterocycles. The molecule has 0 atom stereocenters. The third-order valence-corrected chi connectivity index (χ3v) is 7.07.